The van der Waals surface area contributed by atoms with E-state index >= 15 is 0 Å². The molecule has 0 radical (unpaired) electrons. The second kappa shape index (κ2) is 14.3. The molecule has 6 heteroatoms. The van der Waals surface area contributed by atoms with Gasteiger partial charge in [0.25, 0.3) is 0 Å². The van der Waals surface area contributed by atoms with Gasteiger partial charge < -0.3 is 14.0 Å². The Labute approximate surface area is 229 Å². The third-order valence-electron chi connectivity index (χ3n) is 7.74. The molecular weight excluding hydrogens is 476 g/mol. The van der Waals surface area contributed by atoms with Gasteiger partial charge in [-0.15, -0.1) is 0 Å². The maximum absolute atomic E-state index is 13.4. The molecule has 210 valence electrons. The van der Waals surface area contributed by atoms with Gasteiger partial charge in [0.15, 0.2) is 5.43 Å². The van der Waals surface area contributed by atoms with Crippen molar-refractivity contribution in [2.24, 2.45) is 16.3 Å². The lowest BCUT2D eigenvalue weighted by molar-refractivity contribution is 0.0522. The second-order valence-corrected chi connectivity index (χ2v) is 10.7. The SMILES string of the molecule is CCCCCC(C)(C)C(CC)n1cc(C(=O)OCC)c(=O)cc1/C(=C1\C=CC=C(OC)\C1=N\C)C(C)CC. The fraction of sp³-hybridized carbons (Fsp3) is 0.594. The highest BCUT2D eigenvalue weighted by Gasteiger charge is 2.33. The molecule has 0 N–H and O–H groups in total. The number of nitrogens with zero attached hydrogens (tertiary/aromatic N) is 2. The Morgan fingerprint density at radius 2 is 1.84 bits per heavy atom. The van der Waals surface area contributed by atoms with Gasteiger partial charge >= 0.3 is 5.97 Å². The van der Waals surface area contributed by atoms with E-state index in [1.807, 2.05) is 18.2 Å². The number of ether oxygens (including phenoxy) is 2. The Kier molecular flexibility index (Phi) is 11.8. The smallest absolute Gasteiger partial charge is 0.343 e. The molecule has 6 nitrogen and oxygen atoms in total. The Bertz CT molecular complexity index is 1150. The predicted octanol–water partition coefficient (Wildman–Crippen LogP) is 7.55. The average Bonchev–Trinajstić information content (AvgIpc) is 2.89. The van der Waals surface area contributed by atoms with Crippen LogP contribution in [0.5, 0.6) is 0 Å². The van der Waals surface area contributed by atoms with Crippen LogP contribution in [0.25, 0.3) is 5.57 Å². The van der Waals surface area contributed by atoms with Gasteiger partial charge in [-0.1, -0.05) is 73.0 Å². The summed E-state index contributed by atoms with van der Waals surface area (Å²) < 4.78 is 13.1. The molecule has 38 heavy (non-hydrogen) atoms. The molecule has 1 aromatic heterocycles. The van der Waals surface area contributed by atoms with E-state index < -0.39 is 5.97 Å². The van der Waals surface area contributed by atoms with Crippen molar-refractivity contribution < 1.29 is 14.3 Å². The van der Waals surface area contributed by atoms with Gasteiger partial charge in [0, 0.05) is 36.6 Å². The molecule has 0 aliphatic heterocycles. The summed E-state index contributed by atoms with van der Waals surface area (Å²) in [6.07, 6.45) is 13.9. The summed E-state index contributed by atoms with van der Waals surface area (Å²) >= 11 is 0. The van der Waals surface area contributed by atoms with Crippen LogP contribution in [0.4, 0.5) is 0 Å². The summed E-state index contributed by atoms with van der Waals surface area (Å²) in [4.78, 5) is 30.9. The molecule has 2 atom stereocenters. The molecule has 0 amide bonds. The number of carbonyl (C=O) groups excluding carboxylic acids is 1. The fourth-order valence-electron chi connectivity index (χ4n) is 5.50. The maximum Gasteiger partial charge on any atom is 0.343 e. The molecule has 2 rings (SSSR count). The van der Waals surface area contributed by atoms with E-state index in [0.29, 0.717) is 5.76 Å². The van der Waals surface area contributed by atoms with Crippen LogP contribution in [0.3, 0.4) is 0 Å². The number of aliphatic imine (C=N–C) groups is 1. The van der Waals surface area contributed by atoms with Gasteiger partial charge in [0.2, 0.25) is 0 Å². The zero-order chi connectivity index (χ0) is 28.5. The fourth-order valence-corrected chi connectivity index (χ4v) is 5.50. The Morgan fingerprint density at radius 1 is 1.13 bits per heavy atom. The van der Waals surface area contributed by atoms with Crippen molar-refractivity contribution in [2.45, 2.75) is 93.0 Å². The van der Waals surface area contributed by atoms with Crippen molar-refractivity contribution in [3.8, 4) is 0 Å². The number of aromatic nitrogens is 1. The first-order valence-corrected chi connectivity index (χ1v) is 14.2. The van der Waals surface area contributed by atoms with E-state index in [0.717, 1.165) is 54.7 Å². The van der Waals surface area contributed by atoms with Gasteiger partial charge in [0.05, 0.1) is 13.7 Å². The number of unbranched alkanes of at least 4 members (excludes halogenated alkanes) is 2. The van der Waals surface area contributed by atoms with Gasteiger partial charge in [-0.2, -0.15) is 0 Å². The molecule has 0 bridgehead atoms. The molecule has 1 aliphatic rings. The molecule has 0 saturated carbocycles. The van der Waals surface area contributed by atoms with Gasteiger partial charge in [-0.05, 0) is 49.2 Å². The molecular formula is C32H48N2O4. The minimum absolute atomic E-state index is 0.0629. The van der Waals surface area contributed by atoms with Gasteiger partial charge in [0.1, 0.15) is 17.0 Å². The highest BCUT2D eigenvalue weighted by molar-refractivity contribution is 6.18. The highest BCUT2D eigenvalue weighted by atomic mass is 16.5. The Balaban J connectivity index is 2.96. The summed E-state index contributed by atoms with van der Waals surface area (Å²) in [7, 11) is 3.41. The summed E-state index contributed by atoms with van der Waals surface area (Å²) in [5.41, 5.74) is 3.24. The number of hydrogen-bond donors (Lipinski definition) is 0. The lowest BCUT2D eigenvalue weighted by Crippen LogP contribution is -2.32. The molecule has 0 aromatic carbocycles. The Hall–Kier alpha value is -2.89. The molecule has 1 aliphatic carbocycles. The van der Waals surface area contributed by atoms with Crippen LogP contribution in [-0.4, -0.2) is 37.0 Å². The first kappa shape index (κ1) is 31.3. The van der Waals surface area contributed by atoms with E-state index in [-0.39, 0.29) is 35.0 Å². The largest absolute Gasteiger partial charge is 0.494 e. The summed E-state index contributed by atoms with van der Waals surface area (Å²) in [6.45, 7) is 15.3. The van der Waals surface area contributed by atoms with Crippen molar-refractivity contribution in [3.63, 3.8) is 0 Å². The topological polar surface area (TPSA) is 69.9 Å². The average molecular weight is 525 g/mol. The number of carbonyl (C=O) groups is 1. The molecule has 1 heterocycles. The summed E-state index contributed by atoms with van der Waals surface area (Å²) in [5.74, 6) is 0.240. The first-order chi connectivity index (χ1) is 18.1. The van der Waals surface area contributed by atoms with Crippen molar-refractivity contribution in [1.82, 2.24) is 4.57 Å². The summed E-state index contributed by atoms with van der Waals surface area (Å²) in [6, 6.07) is 1.70. The van der Waals surface area contributed by atoms with Crippen LogP contribution in [0.15, 0.2) is 51.6 Å². The molecule has 0 spiro atoms. The minimum Gasteiger partial charge on any atom is -0.494 e. The lowest BCUT2D eigenvalue weighted by Gasteiger charge is -2.38. The van der Waals surface area contributed by atoms with E-state index in [4.69, 9.17) is 9.47 Å². The number of hydrogen-bond acceptors (Lipinski definition) is 5. The van der Waals surface area contributed by atoms with E-state index in [2.05, 4.69) is 51.1 Å². The van der Waals surface area contributed by atoms with Crippen LogP contribution < -0.4 is 5.43 Å². The molecule has 0 saturated heterocycles. The lowest BCUT2D eigenvalue weighted by atomic mass is 9.77. The van der Waals surface area contributed by atoms with Crippen molar-refractivity contribution in [2.75, 3.05) is 20.8 Å². The van der Waals surface area contributed by atoms with Crippen LogP contribution >= 0.6 is 0 Å². The first-order valence-electron chi connectivity index (χ1n) is 14.2. The van der Waals surface area contributed by atoms with Crippen molar-refractivity contribution in [3.05, 3.63) is 63.3 Å². The second-order valence-electron chi connectivity index (χ2n) is 10.7. The normalized spacial score (nSPS) is 17.7. The highest BCUT2D eigenvalue weighted by Crippen LogP contribution is 2.42. The van der Waals surface area contributed by atoms with Crippen molar-refractivity contribution >= 4 is 17.3 Å². The van der Waals surface area contributed by atoms with Crippen LogP contribution in [0, 0.1) is 11.3 Å². The minimum atomic E-state index is -0.577. The van der Waals surface area contributed by atoms with Crippen LogP contribution in [0.2, 0.25) is 0 Å². The van der Waals surface area contributed by atoms with Crippen LogP contribution in [-0.2, 0) is 9.47 Å². The number of rotatable bonds is 13. The monoisotopic (exact) mass is 524 g/mol. The maximum atomic E-state index is 13.4. The molecule has 1 aromatic rings. The van der Waals surface area contributed by atoms with Crippen LogP contribution in [0.1, 0.15) is 109 Å². The number of methoxy groups -OCH3 is 1. The zero-order valence-corrected chi connectivity index (χ0v) is 25.0. The predicted molar refractivity (Wildman–Crippen MR) is 158 cm³/mol. The number of allylic oxidation sites excluding steroid dienone is 5. The van der Waals surface area contributed by atoms with E-state index in [9.17, 15) is 9.59 Å². The third-order valence-corrected chi connectivity index (χ3v) is 7.74. The standard InChI is InChI=1S/C32H48N2O4/c1-10-14-15-19-32(6,7)28(12-3)34-21-24(31(36)38-13-4)26(35)20-25(34)29(22(5)11-2)23-17-16-18-27(37-9)30(23)33-8/h16-18,20-22,28H,10-15,19H2,1-9H3/b29-23+,33-30+. The van der Waals surface area contributed by atoms with E-state index in [1.165, 1.54) is 6.42 Å². The number of esters is 1. The molecule has 0 fully saturated rings. The Morgan fingerprint density at radius 3 is 2.39 bits per heavy atom. The van der Waals surface area contributed by atoms with E-state index in [1.54, 1.807) is 33.3 Å². The van der Waals surface area contributed by atoms with Gasteiger partial charge in [-0.3, -0.25) is 9.79 Å². The van der Waals surface area contributed by atoms with Crippen molar-refractivity contribution in [1.29, 1.82) is 0 Å². The third kappa shape index (κ3) is 6.95. The zero-order valence-electron chi connectivity index (χ0n) is 25.0. The quantitative estimate of drug-likeness (QED) is 0.197. The molecule has 2 unspecified atom stereocenters. The number of pyridine rings is 1. The summed E-state index contributed by atoms with van der Waals surface area (Å²) in [5, 5.41) is 0. The van der Waals surface area contributed by atoms with Gasteiger partial charge in [-0.25, -0.2) is 4.79 Å².